The van der Waals surface area contributed by atoms with Crippen molar-refractivity contribution in [2.24, 2.45) is 0 Å². The van der Waals surface area contributed by atoms with E-state index >= 15 is 0 Å². The quantitative estimate of drug-likeness (QED) is 0.272. The number of imidazole rings is 1. The zero-order chi connectivity index (χ0) is 31.7. The molecule has 44 heavy (non-hydrogen) atoms. The number of nitrogens with one attached hydrogen (secondary N) is 1. The number of fused-ring (bicyclic) bond motifs is 4. The van der Waals surface area contributed by atoms with Crippen molar-refractivity contribution in [1.82, 2.24) is 14.5 Å². The van der Waals surface area contributed by atoms with Crippen LogP contribution in [0.2, 0.25) is 10.0 Å². The summed E-state index contributed by atoms with van der Waals surface area (Å²) >= 11 is 12.8. The Labute approximate surface area is 265 Å². The van der Waals surface area contributed by atoms with Crippen LogP contribution in [-0.4, -0.2) is 53.4 Å². The molecule has 226 valence electrons. The largest absolute Gasteiger partial charge is 0.496 e. The predicted molar refractivity (Wildman–Crippen MR) is 171 cm³/mol. The zero-order valence-corrected chi connectivity index (χ0v) is 26.7. The number of likely N-dealkylation sites (N-methyl/N-ethyl adjacent to an activating group) is 1. The van der Waals surface area contributed by atoms with Crippen LogP contribution in [0.4, 0.5) is 11.4 Å². The van der Waals surface area contributed by atoms with Crippen molar-refractivity contribution in [2.75, 3.05) is 31.4 Å². The predicted octanol–water partition coefficient (Wildman–Crippen LogP) is 6.24. The molecule has 0 saturated heterocycles. The highest BCUT2D eigenvalue weighted by molar-refractivity contribution is 6.32. The van der Waals surface area contributed by atoms with Crippen LogP contribution in [-0.2, 0) is 21.5 Å². The van der Waals surface area contributed by atoms with Crippen LogP contribution in [0, 0.1) is 6.92 Å². The number of ether oxygens (including phenoxy) is 1. The van der Waals surface area contributed by atoms with E-state index in [1.165, 1.54) is 9.80 Å². The average Bonchev–Trinajstić information content (AvgIpc) is 3.58. The van der Waals surface area contributed by atoms with Gasteiger partial charge in [-0.25, -0.2) is 4.98 Å². The fraction of sp³-hybridized carbons (Fsp3) is 0.273. The van der Waals surface area contributed by atoms with E-state index in [1.807, 2.05) is 43.5 Å². The van der Waals surface area contributed by atoms with E-state index in [1.54, 1.807) is 57.6 Å². The zero-order valence-electron chi connectivity index (χ0n) is 25.2. The maximum Gasteiger partial charge on any atom is 0.280 e. The average molecular weight is 633 g/mol. The number of amides is 3. The molecule has 1 aromatic heterocycles. The summed E-state index contributed by atoms with van der Waals surface area (Å²) in [7, 11) is 4.97. The molecule has 2 aliphatic rings. The monoisotopic (exact) mass is 631 g/mol. The molecular weight excluding hydrogens is 601 g/mol. The SMILES string of the molecule is COc1ccc(CC(=O)N(C)C)cc1-c1nc2c(n1C(C)C)[C@]1(C(=O)Nc3cc(Cl)ccc31)N(c1cc(Cl)ccc1C)C2=O. The second kappa shape index (κ2) is 10.7. The Bertz CT molecular complexity index is 1880. The van der Waals surface area contributed by atoms with Gasteiger partial charge in [0.15, 0.2) is 11.2 Å². The number of methoxy groups -OCH3 is 1. The lowest BCUT2D eigenvalue weighted by Crippen LogP contribution is -2.51. The summed E-state index contributed by atoms with van der Waals surface area (Å²) in [5.41, 5.74) is 2.66. The number of hydrogen-bond donors (Lipinski definition) is 1. The lowest BCUT2D eigenvalue weighted by atomic mass is 9.86. The van der Waals surface area contributed by atoms with E-state index in [0.29, 0.717) is 49.8 Å². The Morgan fingerprint density at radius 1 is 1.05 bits per heavy atom. The van der Waals surface area contributed by atoms with Crippen molar-refractivity contribution in [3.05, 3.63) is 92.7 Å². The first-order chi connectivity index (χ1) is 20.9. The van der Waals surface area contributed by atoms with Gasteiger partial charge in [-0.05, 0) is 68.3 Å². The van der Waals surface area contributed by atoms with E-state index in [0.717, 1.165) is 11.1 Å². The van der Waals surface area contributed by atoms with Crippen molar-refractivity contribution in [1.29, 1.82) is 0 Å². The van der Waals surface area contributed by atoms with E-state index < -0.39 is 17.4 Å². The minimum atomic E-state index is -1.61. The number of rotatable bonds is 6. The third kappa shape index (κ3) is 4.29. The summed E-state index contributed by atoms with van der Waals surface area (Å²) in [5.74, 6) is 0.0549. The fourth-order valence-electron chi connectivity index (χ4n) is 6.20. The minimum Gasteiger partial charge on any atom is -0.496 e. The van der Waals surface area contributed by atoms with E-state index in [-0.39, 0.29) is 24.1 Å². The number of nitrogens with zero attached hydrogens (tertiary/aromatic N) is 4. The van der Waals surface area contributed by atoms with E-state index in [4.69, 9.17) is 32.9 Å². The second-order valence-electron chi connectivity index (χ2n) is 11.5. The number of halogens is 2. The normalized spacial score (nSPS) is 16.9. The molecule has 1 N–H and O–H groups in total. The van der Waals surface area contributed by atoms with Crippen molar-refractivity contribution < 1.29 is 19.1 Å². The van der Waals surface area contributed by atoms with Gasteiger partial charge >= 0.3 is 0 Å². The lowest BCUT2D eigenvalue weighted by molar-refractivity contribution is -0.128. The molecule has 0 saturated carbocycles. The molecule has 3 amide bonds. The Hall–Kier alpha value is -4.34. The van der Waals surface area contributed by atoms with E-state index in [9.17, 15) is 14.4 Å². The summed E-state index contributed by atoms with van der Waals surface area (Å²) in [6.45, 7) is 5.81. The van der Waals surface area contributed by atoms with Crippen LogP contribution in [0.25, 0.3) is 11.4 Å². The molecule has 2 aliphatic heterocycles. The molecule has 3 heterocycles. The van der Waals surface area contributed by atoms with Crippen LogP contribution < -0.4 is 15.0 Å². The Morgan fingerprint density at radius 2 is 1.75 bits per heavy atom. The highest BCUT2D eigenvalue weighted by Gasteiger charge is 2.64. The summed E-state index contributed by atoms with van der Waals surface area (Å²) in [6.07, 6.45) is 0.174. The van der Waals surface area contributed by atoms with Gasteiger partial charge < -0.3 is 19.5 Å². The molecular formula is C33H31Cl2N5O4. The highest BCUT2D eigenvalue weighted by atomic mass is 35.5. The maximum atomic E-state index is 14.6. The molecule has 0 aliphatic carbocycles. The van der Waals surface area contributed by atoms with Gasteiger partial charge in [0.2, 0.25) is 5.91 Å². The van der Waals surface area contributed by atoms with E-state index in [2.05, 4.69) is 5.32 Å². The second-order valence-corrected chi connectivity index (χ2v) is 12.4. The van der Waals surface area contributed by atoms with Crippen molar-refractivity contribution in [2.45, 2.75) is 38.8 Å². The van der Waals surface area contributed by atoms with Gasteiger partial charge in [0.25, 0.3) is 11.8 Å². The minimum absolute atomic E-state index is 0.0598. The standard InChI is InChI=1S/C33H31Cl2N5O4/c1-17(2)39-29-28(37-30(39)22-13-19(8-12-26(22)44-6)14-27(41)38(4)5)31(42)40(25-16-21(35)9-7-18(25)3)33(29)23-11-10-20(34)15-24(23)36-32(33)43/h7-13,15-17H,14H2,1-6H3,(H,36,43)/t33-/m1/s1. The fourth-order valence-corrected chi connectivity index (χ4v) is 6.54. The maximum absolute atomic E-state index is 14.6. The molecule has 6 rings (SSSR count). The third-order valence-corrected chi connectivity index (χ3v) is 8.70. The van der Waals surface area contributed by atoms with Gasteiger partial charge in [-0.2, -0.15) is 0 Å². The molecule has 4 aromatic rings. The molecule has 0 fully saturated rings. The first-order valence-corrected chi connectivity index (χ1v) is 14.9. The van der Waals surface area contributed by atoms with Gasteiger partial charge in [-0.15, -0.1) is 0 Å². The molecule has 0 radical (unpaired) electrons. The van der Waals surface area contributed by atoms with Crippen LogP contribution in [0.5, 0.6) is 5.75 Å². The van der Waals surface area contributed by atoms with Gasteiger partial charge in [0.05, 0.1) is 30.5 Å². The number of aromatic nitrogens is 2. The van der Waals surface area contributed by atoms with Crippen LogP contribution >= 0.6 is 23.2 Å². The third-order valence-electron chi connectivity index (χ3n) is 8.23. The summed E-state index contributed by atoms with van der Waals surface area (Å²) in [5, 5.41) is 3.86. The Balaban J connectivity index is 1.68. The number of aryl methyl sites for hydroxylation is 1. The van der Waals surface area contributed by atoms with Crippen LogP contribution in [0.3, 0.4) is 0 Å². The number of carbonyl (C=O) groups is 3. The summed E-state index contributed by atoms with van der Waals surface area (Å²) in [4.78, 5) is 49.6. The summed E-state index contributed by atoms with van der Waals surface area (Å²) in [6, 6.07) is 15.7. The topological polar surface area (TPSA) is 96.8 Å². The van der Waals surface area contributed by atoms with Gasteiger partial charge in [0, 0.05) is 41.4 Å². The van der Waals surface area contributed by atoms with Crippen molar-refractivity contribution in [3.8, 4) is 17.1 Å². The van der Waals surface area contributed by atoms with Crippen molar-refractivity contribution >= 4 is 52.3 Å². The molecule has 3 aromatic carbocycles. The van der Waals surface area contributed by atoms with Crippen molar-refractivity contribution in [3.63, 3.8) is 0 Å². The van der Waals surface area contributed by atoms with Crippen LogP contribution in [0.1, 0.15) is 52.8 Å². The molecule has 11 heteroatoms. The lowest BCUT2D eigenvalue weighted by Gasteiger charge is -2.36. The number of benzene rings is 3. The van der Waals surface area contributed by atoms with Gasteiger partial charge in [-0.3, -0.25) is 19.3 Å². The first kappa shape index (κ1) is 29.7. The molecule has 1 atom stereocenters. The summed E-state index contributed by atoms with van der Waals surface area (Å²) < 4.78 is 7.67. The number of anilines is 2. The van der Waals surface area contributed by atoms with Crippen LogP contribution in [0.15, 0.2) is 54.6 Å². The Morgan fingerprint density at radius 3 is 2.43 bits per heavy atom. The molecule has 1 spiro atoms. The smallest absolute Gasteiger partial charge is 0.280 e. The molecule has 0 unspecified atom stereocenters. The number of carbonyl (C=O) groups excluding carboxylic acids is 3. The first-order valence-electron chi connectivity index (χ1n) is 14.1. The molecule has 9 nitrogen and oxygen atoms in total. The molecule has 0 bridgehead atoms. The highest BCUT2D eigenvalue weighted by Crippen LogP contribution is 2.55. The van der Waals surface area contributed by atoms with Gasteiger partial charge in [0.1, 0.15) is 11.6 Å². The van der Waals surface area contributed by atoms with Gasteiger partial charge in [-0.1, -0.05) is 41.4 Å². The Kier molecular flexibility index (Phi) is 7.21. The number of hydrogen-bond acceptors (Lipinski definition) is 5.